The SMILES string of the molecule is CCNC(=NCCN1CCN(CC)CC1)N1CCOC(c2cnn(C)c2)C1. The summed E-state index contributed by atoms with van der Waals surface area (Å²) in [6.07, 6.45) is 3.99. The quantitative estimate of drug-likeness (QED) is 0.572. The fourth-order valence-electron chi connectivity index (χ4n) is 3.70. The normalized spacial score (nSPS) is 23.0. The molecule has 0 amide bonds. The van der Waals surface area contributed by atoms with Gasteiger partial charge in [0.2, 0.25) is 0 Å². The number of aliphatic imine (C=N–C) groups is 1. The lowest BCUT2D eigenvalue weighted by Crippen LogP contribution is -2.49. The Morgan fingerprint density at radius 1 is 1.22 bits per heavy atom. The van der Waals surface area contributed by atoms with Crippen molar-refractivity contribution in [2.24, 2.45) is 12.0 Å². The van der Waals surface area contributed by atoms with Crippen molar-refractivity contribution in [1.82, 2.24) is 29.8 Å². The molecular formula is C19H35N7O. The molecule has 0 radical (unpaired) electrons. The molecule has 0 bridgehead atoms. The lowest BCUT2D eigenvalue weighted by molar-refractivity contribution is -0.00805. The maximum absolute atomic E-state index is 5.97. The molecule has 8 heteroatoms. The average Bonchev–Trinajstić information content (AvgIpc) is 3.14. The number of aryl methyl sites for hydroxylation is 1. The highest BCUT2D eigenvalue weighted by Crippen LogP contribution is 2.21. The van der Waals surface area contributed by atoms with E-state index in [1.807, 2.05) is 24.1 Å². The first kappa shape index (κ1) is 20.1. The van der Waals surface area contributed by atoms with E-state index in [1.165, 1.54) is 13.1 Å². The number of piperazine rings is 1. The van der Waals surface area contributed by atoms with E-state index in [0.29, 0.717) is 6.61 Å². The molecule has 27 heavy (non-hydrogen) atoms. The van der Waals surface area contributed by atoms with Crippen molar-refractivity contribution in [3.05, 3.63) is 18.0 Å². The van der Waals surface area contributed by atoms with Crippen molar-refractivity contribution in [1.29, 1.82) is 0 Å². The molecule has 8 nitrogen and oxygen atoms in total. The minimum atomic E-state index is 0.0541. The van der Waals surface area contributed by atoms with Crippen LogP contribution in [-0.2, 0) is 11.8 Å². The molecular weight excluding hydrogens is 342 g/mol. The number of nitrogens with one attached hydrogen (secondary N) is 1. The topological polar surface area (TPSA) is 61.2 Å². The van der Waals surface area contributed by atoms with E-state index in [-0.39, 0.29) is 6.10 Å². The highest BCUT2D eigenvalue weighted by atomic mass is 16.5. The van der Waals surface area contributed by atoms with Crippen molar-refractivity contribution in [3.63, 3.8) is 0 Å². The molecule has 0 spiro atoms. The maximum Gasteiger partial charge on any atom is 0.194 e. The number of guanidine groups is 1. The van der Waals surface area contributed by atoms with E-state index in [4.69, 9.17) is 9.73 Å². The van der Waals surface area contributed by atoms with Crippen LogP contribution in [0.4, 0.5) is 0 Å². The molecule has 2 aliphatic heterocycles. The van der Waals surface area contributed by atoms with Crippen LogP contribution in [0.3, 0.4) is 0 Å². The van der Waals surface area contributed by atoms with Gasteiger partial charge in [0.1, 0.15) is 6.10 Å². The summed E-state index contributed by atoms with van der Waals surface area (Å²) in [5.74, 6) is 1.00. The third-order valence-electron chi connectivity index (χ3n) is 5.39. The summed E-state index contributed by atoms with van der Waals surface area (Å²) in [7, 11) is 1.94. The van der Waals surface area contributed by atoms with Crippen LogP contribution in [0, 0.1) is 0 Å². The Hall–Kier alpha value is -1.64. The number of likely N-dealkylation sites (N-methyl/N-ethyl adjacent to an activating group) is 1. The predicted molar refractivity (Wildman–Crippen MR) is 108 cm³/mol. The summed E-state index contributed by atoms with van der Waals surface area (Å²) in [5, 5.41) is 7.73. The second-order valence-electron chi connectivity index (χ2n) is 7.26. The van der Waals surface area contributed by atoms with Gasteiger partial charge in [0.15, 0.2) is 5.96 Å². The van der Waals surface area contributed by atoms with Gasteiger partial charge in [-0.1, -0.05) is 6.92 Å². The van der Waals surface area contributed by atoms with Crippen LogP contribution < -0.4 is 5.32 Å². The molecule has 2 fully saturated rings. The third kappa shape index (κ3) is 5.67. The zero-order chi connectivity index (χ0) is 19.1. The Labute approximate surface area is 163 Å². The summed E-state index contributed by atoms with van der Waals surface area (Å²) < 4.78 is 7.79. The standard InChI is InChI=1S/C19H35N7O/c1-4-20-19(21-6-7-25-10-8-24(5-2)9-11-25)26-12-13-27-18(16-26)17-14-22-23(3)15-17/h14-15,18H,4-13,16H2,1-3H3,(H,20,21). The number of hydrogen-bond acceptors (Lipinski definition) is 5. The van der Waals surface area contributed by atoms with Crippen molar-refractivity contribution >= 4 is 5.96 Å². The predicted octanol–water partition coefficient (Wildman–Crippen LogP) is 0.396. The Kier molecular flexibility index (Phi) is 7.49. The van der Waals surface area contributed by atoms with Gasteiger partial charge in [0.25, 0.3) is 0 Å². The van der Waals surface area contributed by atoms with E-state index in [0.717, 1.165) is 63.9 Å². The smallest absolute Gasteiger partial charge is 0.194 e. The number of ether oxygens (including phenoxy) is 1. The molecule has 1 N–H and O–H groups in total. The second-order valence-corrected chi connectivity index (χ2v) is 7.26. The minimum Gasteiger partial charge on any atom is -0.370 e. The zero-order valence-electron chi connectivity index (χ0n) is 17.1. The van der Waals surface area contributed by atoms with Gasteiger partial charge in [-0.2, -0.15) is 5.10 Å². The molecule has 0 aliphatic carbocycles. The Bertz CT molecular complexity index is 595. The van der Waals surface area contributed by atoms with E-state index in [2.05, 4.69) is 39.0 Å². The summed E-state index contributed by atoms with van der Waals surface area (Å²) in [5.41, 5.74) is 1.13. The fraction of sp³-hybridized carbons (Fsp3) is 0.789. The Morgan fingerprint density at radius 2 is 2.00 bits per heavy atom. The number of rotatable bonds is 6. The molecule has 1 aromatic heterocycles. The van der Waals surface area contributed by atoms with Gasteiger partial charge < -0.3 is 19.9 Å². The van der Waals surface area contributed by atoms with E-state index in [9.17, 15) is 0 Å². The summed E-state index contributed by atoms with van der Waals surface area (Å²) in [4.78, 5) is 12.3. The largest absolute Gasteiger partial charge is 0.370 e. The van der Waals surface area contributed by atoms with E-state index < -0.39 is 0 Å². The molecule has 0 saturated carbocycles. The summed E-state index contributed by atoms with van der Waals surface area (Å²) >= 11 is 0. The van der Waals surface area contributed by atoms with Gasteiger partial charge >= 0.3 is 0 Å². The van der Waals surface area contributed by atoms with Crippen LogP contribution in [-0.4, -0.2) is 102 Å². The van der Waals surface area contributed by atoms with Crippen LogP contribution in [0.5, 0.6) is 0 Å². The molecule has 2 saturated heterocycles. The summed E-state index contributed by atoms with van der Waals surface area (Å²) in [6.45, 7) is 15.3. The van der Waals surface area contributed by atoms with Gasteiger partial charge in [-0.3, -0.25) is 14.6 Å². The Balaban J connectivity index is 1.53. The lowest BCUT2D eigenvalue weighted by Gasteiger charge is -2.35. The Morgan fingerprint density at radius 3 is 2.67 bits per heavy atom. The van der Waals surface area contributed by atoms with Crippen molar-refractivity contribution in [2.45, 2.75) is 20.0 Å². The van der Waals surface area contributed by atoms with Crippen molar-refractivity contribution < 1.29 is 4.74 Å². The third-order valence-corrected chi connectivity index (χ3v) is 5.39. The number of aromatic nitrogens is 2. The van der Waals surface area contributed by atoms with Gasteiger partial charge in [-0.15, -0.1) is 0 Å². The molecule has 3 rings (SSSR count). The average molecular weight is 378 g/mol. The molecule has 2 aliphatic rings. The van der Waals surface area contributed by atoms with Gasteiger partial charge in [0.05, 0.1) is 25.9 Å². The second kappa shape index (κ2) is 10.1. The monoisotopic (exact) mass is 377 g/mol. The fourth-order valence-corrected chi connectivity index (χ4v) is 3.70. The number of nitrogens with zero attached hydrogens (tertiary/aromatic N) is 6. The van der Waals surface area contributed by atoms with E-state index >= 15 is 0 Å². The van der Waals surface area contributed by atoms with Crippen LogP contribution in [0.1, 0.15) is 25.5 Å². The van der Waals surface area contributed by atoms with Crippen molar-refractivity contribution in [3.8, 4) is 0 Å². The van der Waals surface area contributed by atoms with Crippen LogP contribution >= 0.6 is 0 Å². The van der Waals surface area contributed by atoms with Gasteiger partial charge in [0, 0.05) is 64.6 Å². The van der Waals surface area contributed by atoms with Gasteiger partial charge in [-0.05, 0) is 13.5 Å². The van der Waals surface area contributed by atoms with Crippen LogP contribution in [0.2, 0.25) is 0 Å². The first-order valence-electron chi connectivity index (χ1n) is 10.3. The van der Waals surface area contributed by atoms with Crippen LogP contribution in [0.25, 0.3) is 0 Å². The van der Waals surface area contributed by atoms with Crippen LogP contribution in [0.15, 0.2) is 17.4 Å². The molecule has 3 heterocycles. The summed E-state index contributed by atoms with van der Waals surface area (Å²) in [6, 6.07) is 0. The molecule has 0 aromatic carbocycles. The minimum absolute atomic E-state index is 0.0541. The first-order valence-corrected chi connectivity index (χ1v) is 10.3. The maximum atomic E-state index is 5.97. The van der Waals surface area contributed by atoms with Gasteiger partial charge in [-0.25, -0.2) is 0 Å². The molecule has 1 aromatic rings. The highest BCUT2D eigenvalue weighted by Gasteiger charge is 2.25. The first-order chi connectivity index (χ1) is 13.2. The zero-order valence-corrected chi connectivity index (χ0v) is 17.1. The van der Waals surface area contributed by atoms with E-state index in [1.54, 1.807) is 0 Å². The lowest BCUT2D eigenvalue weighted by atomic mass is 10.1. The highest BCUT2D eigenvalue weighted by molar-refractivity contribution is 5.80. The number of morpholine rings is 1. The molecule has 152 valence electrons. The molecule has 1 atom stereocenters. The van der Waals surface area contributed by atoms with Crippen molar-refractivity contribution in [2.75, 3.05) is 72.1 Å². The molecule has 1 unspecified atom stereocenters. The number of hydrogen-bond donors (Lipinski definition) is 1.